The summed E-state index contributed by atoms with van der Waals surface area (Å²) in [5.74, 6) is -0.613. The topological polar surface area (TPSA) is 71.1 Å². The number of carbonyl (C=O) groups is 2. The first-order chi connectivity index (χ1) is 19.7. The van der Waals surface area contributed by atoms with E-state index in [2.05, 4.69) is 10.1 Å². The Morgan fingerprint density at radius 1 is 1.00 bits per heavy atom. The van der Waals surface area contributed by atoms with E-state index in [-0.39, 0.29) is 23.2 Å². The smallest absolute Gasteiger partial charge is 0.439 e. The van der Waals surface area contributed by atoms with Crippen LogP contribution in [0.4, 0.5) is 54.8 Å². The fraction of sp³-hybridized carbons (Fsp3) is 0.481. The molecule has 2 aromatic rings. The van der Waals surface area contributed by atoms with Crippen molar-refractivity contribution in [3.8, 4) is 5.75 Å². The van der Waals surface area contributed by atoms with Gasteiger partial charge in [-0.05, 0) is 67.3 Å². The van der Waals surface area contributed by atoms with Gasteiger partial charge in [0.25, 0.3) is 0 Å². The third-order valence-corrected chi connectivity index (χ3v) is 6.48. The number of nitrogens with zero attached hydrogens (tertiary/aromatic N) is 2. The maximum Gasteiger partial charge on any atom is 0.573 e. The predicted molar refractivity (Wildman–Crippen MR) is 135 cm³/mol. The van der Waals surface area contributed by atoms with Crippen molar-refractivity contribution < 1.29 is 58.6 Å². The van der Waals surface area contributed by atoms with Gasteiger partial charge < -0.3 is 19.7 Å². The number of rotatable bonds is 8. The van der Waals surface area contributed by atoms with Crippen LogP contribution in [0, 0.1) is 5.92 Å². The molecule has 43 heavy (non-hydrogen) atoms. The molecule has 0 spiro atoms. The van der Waals surface area contributed by atoms with E-state index < -0.39 is 72.0 Å². The highest BCUT2D eigenvalue weighted by Crippen LogP contribution is 2.41. The lowest BCUT2D eigenvalue weighted by Crippen LogP contribution is -2.38. The highest BCUT2D eigenvalue weighted by atomic mass is 19.4. The molecule has 0 radical (unpaired) electrons. The van der Waals surface area contributed by atoms with Crippen LogP contribution >= 0.6 is 0 Å². The van der Waals surface area contributed by atoms with Gasteiger partial charge in [-0.2, -0.15) is 26.3 Å². The molecule has 0 aliphatic carbocycles. The maximum absolute atomic E-state index is 13.4. The third-order valence-electron chi connectivity index (χ3n) is 6.48. The molecular weight excluding hydrogens is 601 g/mol. The largest absolute Gasteiger partial charge is 0.573 e. The van der Waals surface area contributed by atoms with E-state index in [0.29, 0.717) is 25.2 Å². The number of halogens is 9. The second kappa shape index (κ2) is 12.4. The quantitative estimate of drug-likeness (QED) is 0.299. The molecular formula is C27H28F9N3O4. The van der Waals surface area contributed by atoms with Crippen LogP contribution in [0.15, 0.2) is 36.4 Å². The normalized spacial score (nSPS) is 17.7. The molecule has 2 atom stereocenters. The Hall–Kier alpha value is -3.85. The van der Waals surface area contributed by atoms with Crippen LogP contribution < -0.4 is 10.1 Å². The molecule has 16 heteroatoms. The minimum Gasteiger partial charge on any atom is -0.439 e. The Morgan fingerprint density at radius 3 is 2.07 bits per heavy atom. The van der Waals surface area contributed by atoms with E-state index in [1.54, 1.807) is 6.92 Å². The summed E-state index contributed by atoms with van der Waals surface area (Å²) >= 11 is 0. The van der Waals surface area contributed by atoms with Gasteiger partial charge in [0.2, 0.25) is 0 Å². The van der Waals surface area contributed by atoms with Crippen LogP contribution in [-0.2, 0) is 23.6 Å². The van der Waals surface area contributed by atoms with E-state index in [1.165, 1.54) is 11.8 Å². The molecule has 1 saturated heterocycles. The van der Waals surface area contributed by atoms with Crippen molar-refractivity contribution in [1.29, 1.82) is 0 Å². The Kier molecular flexibility index (Phi) is 9.71. The summed E-state index contributed by atoms with van der Waals surface area (Å²) in [4.78, 5) is 28.0. The highest BCUT2D eigenvalue weighted by Gasteiger charge is 2.43. The molecule has 1 heterocycles. The number of alkyl halides is 9. The van der Waals surface area contributed by atoms with Gasteiger partial charge in [0.1, 0.15) is 11.9 Å². The monoisotopic (exact) mass is 629 g/mol. The SMILES string of the molecule is CCN(CC(C)C)C(=O)Nc1ccc(OC(F)(F)F)cc1CN1C(=O)O[C@H](c2cc(C(F)(F)F)cc(C(F)(F)F)c2)[C@@H]1C. The molecule has 1 N–H and O–H groups in total. The van der Waals surface area contributed by atoms with Gasteiger partial charge in [-0.25, -0.2) is 9.59 Å². The van der Waals surface area contributed by atoms with Crippen LogP contribution in [0.3, 0.4) is 0 Å². The van der Waals surface area contributed by atoms with Crippen molar-refractivity contribution in [2.75, 3.05) is 18.4 Å². The van der Waals surface area contributed by atoms with Crippen LogP contribution in [-0.4, -0.2) is 47.4 Å². The third kappa shape index (κ3) is 8.60. The summed E-state index contributed by atoms with van der Waals surface area (Å²) in [7, 11) is 0. The average molecular weight is 630 g/mol. The first-order valence-corrected chi connectivity index (χ1v) is 12.9. The average Bonchev–Trinajstić information content (AvgIpc) is 3.14. The zero-order valence-corrected chi connectivity index (χ0v) is 23.2. The van der Waals surface area contributed by atoms with Gasteiger partial charge in [-0.15, -0.1) is 13.2 Å². The van der Waals surface area contributed by atoms with E-state index in [9.17, 15) is 49.1 Å². The zero-order valence-electron chi connectivity index (χ0n) is 23.2. The molecule has 3 amide bonds. The Bertz CT molecular complexity index is 1290. The zero-order chi connectivity index (χ0) is 32.5. The number of ether oxygens (including phenoxy) is 2. The molecule has 0 aromatic heterocycles. The number of carbonyl (C=O) groups excluding carboxylic acids is 2. The second-order valence-corrected chi connectivity index (χ2v) is 10.2. The van der Waals surface area contributed by atoms with E-state index in [4.69, 9.17) is 4.74 Å². The van der Waals surface area contributed by atoms with Gasteiger partial charge in [-0.3, -0.25) is 4.90 Å². The van der Waals surface area contributed by atoms with Crippen LogP contribution in [0.2, 0.25) is 0 Å². The number of anilines is 1. The summed E-state index contributed by atoms with van der Waals surface area (Å²) in [5, 5.41) is 2.57. The number of hydrogen-bond acceptors (Lipinski definition) is 4. The standard InChI is InChI=1S/C27H28F9N3O4/c1-5-38(12-14(2)3)23(40)37-21-7-6-20(43-27(34,35)36)10-17(21)13-39-15(4)22(42-24(39)41)16-8-18(25(28,29)30)11-19(9-16)26(31,32)33/h6-11,14-15,22H,5,12-13H2,1-4H3,(H,37,40)/t15-,22-/m0/s1. The predicted octanol–water partition coefficient (Wildman–Crippen LogP) is 8.21. The Labute approximate surface area is 240 Å². The van der Waals surface area contributed by atoms with Gasteiger partial charge in [0, 0.05) is 18.8 Å². The summed E-state index contributed by atoms with van der Waals surface area (Å²) in [6, 6.07) is 1.98. The highest BCUT2D eigenvalue weighted by molar-refractivity contribution is 5.90. The van der Waals surface area contributed by atoms with Crippen molar-refractivity contribution in [1.82, 2.24) is 9.80 Å². The molecule has 7 nitrogen and oxygen atoms in total. The second-order valence-electron chi connectivity index (χ2n) is 10.2. The van der Waals surface area contributed by atoms with Crippen LogP contribution in [0.1, 0.15) is 56.1 Å². The van der Waals surface area contributed by atoms with Crippen LogP contribution in [0.5, 0.6) is 5.75 Å². The van der Waals surface area contributed by atoms with Crippen molar-refractivity contribution in [3.05, 3.63) is 58.7 Å². The fourth-order valence-corrected chi connectivity index (χ4v) is 4.50. The molecule has 1 fully saturated rings. The van der Waals surface area contributed by atoms with Crippen molar-refractivity contribution >= 4 is 17.8 Å². The first-order valence-electron chi connectivity index (χ1n) is 12.9. The fourth-order valence-electron chi connectivity index (χ4n) is 4.50. The lowest BCUT2D eigenvalue weighted by atomic mass is 9.97. The van der Waals surface area contributed by atoms with E-state index in [0.717, 1.165) is 23.1 Å². The molecule has 1 aliphatic heterocycles. The van der Waals surface area contributed by atoms with Crippen molar-refractivity contribution in [2.24, 2.45) is 5.92 Å². The number of cyclic esters (lactones) is 1. The van der Waals surface area contributed by atoms with Crippen molar-refractivity contribution in [2.45, 2.75) is 65.1 Å². The molecule has 3 rings (SSSR count). The van der Waals surface area contributed by atoms with Gasteiger partial charge in [-0.1, -0.05) is 13.8 Å². The summed E-state index contributed by atoms with van der Waals surface area (Å²) < 4.78 is 128. The number of amides is 3. The molecule has 0 unspecified atom stereocenters. The molecule has 0 saturated carbocycles. The minimum absolute atomic E-state index is 0.0105. The first kappa shape index (κ1) is 33.6. The Morgan fingerprint density at radius 2 is 1.58 bits per heavy atom. The Balaban J connectivity index is 1.98. The number of urea groups is 1. The molecule has 0 bridgehead atoms. The molecule has 1 aliphatic rings. The van der Waals surface area contributed by atoms with Gasteiger partial charge >= 0.3 is 30.8 Å². The van der Waals surface area contributed by atoms with E-state index in [1.807, 2.05) is 13.8 Å². The number of nitrogens with one attached hydrogen (secondary N) is 1. The summed E-state index contributed by atoms with van der Waals surface area (Å²) in [6.07, 6.45) is -18.1. The lowest BCUT2D eigenvalue weighted by Gasteiger charge is -2.26. The lowest BCUT2D eigenvalue weighted by molar-refractivity contribution is -0.274. The van der Waals surface area contributed by atoms with Gasteiger partial charge in [0.05, 0.1) is 23.7 Å². The van der Waals surface area contributed by atoms with E-state index >= 15 is 0 Å². The van der Waals surface area contributed by atoms with Crippen LogP contribution in [0.25, 0.3) is 0 Å². The summed E-state index contributed by atoms with van der Waals surface area (Å²) in [5.41, 5.74) is -3.88. The van der Waals surface area contributed by atoms with Crippen molar-refractivity contribution in [3.63, 3.8) is 0 Å². The molecule has 2 aromatic carbocycles. The van der Waals surface area contributed by atoms with Gasteiger partial charge in [0.15, 0.2) is 0 Å². The number of benzene rings is 2. The minimum atomic E-state index is -5.14. The number of hydrogen-bond donors (Lipinski definition) is 1. The summed E-state index contributed by atoms with van der Waals surface area (Å²) in [6.45, 7) is 6.83. The maximum atomic E-state index is 13.4. The molecule has 238 valence electrons.